The quantitative estimate of drug-likeness (QED) is 0.512. The topological polar surface area (TPSA) is 56.4 Å². The molecule has 1 aromatic rings. The molecule has 0 aromatic heterocycles. The van der Waals surface area contributed by atoms with Crippen LogP contribution in [0.2, 0.25) is 0 Å². The molecule has 178 valence electrons. The van der Waals surface area contributed by atoms with Gasteiger partial charge in [-0.05, 0) is 25.0 Å². The Bertz CT molecular complexity index is 721. The molecule has 0 spiro atoms. The van der Waals surface area contributed by atoms with E-state index in [1.54, 1.807) is 20.2 Å². The summed E-state index contributed by atoms with van der Waals surface area (Å²) < 4.78 is 76.7. The van der Waals surface area contributed by atoms with Crippen LogP contribution in [0.25, 0.3) is 0 Å². The zero-order valence-electron chi connectivity index (χ0n) is 18.1. The van der Waals surface area contributed by atoms with Gasteiger partial charge in [0.15, 0.2) is 0 Å². The second-order valence-electron chi connectivity index (χ2n) is 6.86. The zero-order chi connectivity index (χ0) is 23.8. The van der Waals surface area contributed by atoms with Crippen LogP contribution in [0, 0.1) is 5.92 Å². The van der Waals surface area contributed by atoms with E-state index in [0.717, 1.165) is 0 Å². The van der Waals surface area contributed by atoms with Crippen molar-refractivity contribution in [3.8, 4) is 0 Å². The number of amides is 1. The van der Waals surface area contributed by atoms with Crippen LogP contribution in [0.1, 0.15) is 43.5 Å². The SMILES string of the molecule is CC.CNc1cc(C(=O)NCCC(F)(F)F)c(N2CCCC(C(F)(F)F)C2)cc1NC. The summed E-state index contributed by atoms with van der Waals surface area (Å²) in [7, 11) is 3.22. The van der Waals surface area contributed by atoms with Gasteiger partial charge in [-0.25, -0.2) is 0 Å². The lowest BCUT2D eigenvalue weighted by Gasteiger charge is -2.36. The maximum atomic E-state index is 13.2. The van der Waals surface area contributed by atoms with Crippen molar-refractivity contribution < 1.29 is 31.1 Å². The van der Waals surface area contributed by atoms with Crippen LogP contribution in [0.3, 0.4) is 0 Å². The van der Waals surface area contributed by atoms with Gasteiger partial charge in [0, 0.05) is 33.7 Å². The van der Waals surface area contributed by atoms with Gasteiger partial charge < -0.3 is 20.9 Å². The average molecular weight is 456 g/mol. The Hall–Kier alpha value is -2.33. The Balaban J connectivity index is 0.00000233. The van der Waals surface area contributed by atoms with Gasteiger partial charge in [0.25, 0.3) is 5.91 Å². The second kappa shape index (κ2) is 11.3. The summed E-state index contributed by atoms with van der Waals surface area (Å²) in [5.41, 5.74) is 1.34. The smallest absolute Gasteiger partial charge is 0.386 e. The van der Waals surface area contributed by atoms with Crippen LogP contribution in [0.4, 0.5) is 43.4 Å². The minimum absolute atomic E-state index is 0.000592. The van der Waals surface area contributed by atoms with E-state index >= 15 is 0 Å². The summed E-state index contributed by atoms with van der Waals surface area (Å²) in [4.78, 5) is 14.0. The summed E-state index contributed by atoms with van der Waals surface area (Å²) in [6, 6.07) is 2.98. The number of carbonyl (C=O) groups is 1. The fourth-order valence-corrected chi connectivity index (χ4v) is 3.32. The molecule has 1 aromatic carbocycles. The Kier molecular flexibility index (Phi) is 9.76. The highest BCUT2D eigenvalue weighted by atomic mass is 19.4. The number of benzene rings is 1. The number of nitrogens with one attached hydrogen (secondary N) is 3. The van der Waals surface area contributed by atoms with E-state index in [1.165, 1.54) is 11.0 Å². The molecule has 1 saturated heterocycles. The Labute approximate surface area is 178 Å². The molecule has 1 aliphatic rings. The van der Waals surface area contributed by atoms with Gasteiger partial charge in [0.1, 0.15) is 0 Å². The van der Waals surface area contributed by atoms with Crippen LogP contribution >= 0.6 is 0 Å². The lowest BCUT2D eigenvalue weighted by atomic mass is 9.96. The van der Waals surface area contributed by atoms with Gasteiger partial charge in [-0.3, -0.25) is 4.79 Å². The Morgan fingerprint density at radius 3 is 2.16 bits per heavy atom. The van der Waals surface area contributed by atoms with Crippen LogP contribution in [-0.4, -0.2) is 52.0 Å². The third-order valence-corrected chi connectivity index (χ3v) is 4.84. The molecular formula is C20H30F6N4O. The summed E-state index contributed by atoms with van der Waals surface area (Å²) in [6.45, 7) is 3.39. The van der Waals surface area contributed by atoms with Gasteiger partial charge in [-0.1, -0.05) is 13.8 Å². The van der Waals surface area contributed by atoms with Crippen molar-refractivity contribution in [3.05, 3.63) is 17.7 Å². The standard InChI is InChI=1S/C18H24F6N4O.C2H6/c1-25-13-8-12(16(29)27-6-5-17(19,20)21)15(9-14(13)26-2)28-7-3-4-11(10-28)18(22,23)24;1-2/h8-9,11,25-26H,3-7,10H2,1-2H3,(H,27,29);1-2H3. The third kappa shape index (κ3) is 7.70. The van der Waals surface area contributed by atoms with Gasteiger partial charge in [0.2, 0.25) is 0 Å². The number of hydrogen-bond acceptors (Lipinski definition) is 4. The minimum atomic E-state index is -4.42. The van der Waals surface area contributed by atoms with E-state index in [-0.39, 0.29) is 24.2 Å². The van der Waals surface area contributed by atoms with Crippen molar-refractivity contribution in [1.82, 2.24) is 5.32 Å². The van der Waals surface area contributed by atoms with E-state index in [1.807, 2.05) is 13.8 Å². The fraction of sp³-hybridized carbons (Fsp3) is 0.650. The molecule has 31 heavy (non-hydrogen) atoms. The molecule has 1 aliphatic heterocycles. The average Bonchev–Trinajstić information content (AvgIpc) is 2.72. The molecule has 1 unspecified atom stereocenters. The zero-order valence-corrected chi connectivity index (χ0v) is 18.1. The lowest BCUT2D eigenvalue weighted by molar-refractivity contribution is -0.176. The third-order valence-electron chi connectivity index (χ3n) is 4.84. The van der Waals surface area contributed by atoms with E-state index in [0.29, 0.717) is 24.3 Å². The molecular weight excluding hydrogens is 426 g/mol. The maximum Gasteiger partial charge on any atom is 0.393 e. The largest absolute Gasteiger partial charge is 0.393 e. The normalized spacial score (nSPS) is 16.8. The molecule has 5 nitrogen and oxygen atoms in total. The molecule has 0 radical (unpaired) electrons. The van der Waals surface area contributed by atoms with Crippen LogP contribution < -0.4 is 20.9 Å². The van der Waals surface area contributed by atoms with Gasteiger partial charge >= 0.3 is 12.4 Å². The van der Waals surface area contributed by atoms with Crippen molar-refractivity contribution in [2.45, 2.75) is 45.5 Å². The molecule has 11 heteroatoms. The monoisotopic (exact) mass is 456 g/mol. The van der Waals surface area contributed by atoms with Crippen molar-refractivity contribution in [2.75, 3.05) is 49.3 Å². The highest BCUT2D eigenvalue weighted by molar-refractivity contribution is 6.02. The van der Waals surface area contributed by atoms with Crippen LogP contribution in [0.5, 0.6) is 0 Å². The van der Waals surface area contributed by atoms with Gasteiger partial charge in [0.05, 0.1) is 35.0 Å². The highest BCUT2D eigenvalue weighted by Gasteiger charge is 2.42. The highest BCUT2D eigenvalue weighted by Crippen LogP contribution is 2.38. The molecule has 3 N–H and O–H groups in total. The van der Waals surface area contributed by atoms with Crippen molar-refractivity contribution in [3.63, 3.8) is 0 Å². The number of alkyl halides is 6. The molecule has 0 saturated carbocycles. The fourth-order valence-electron chi connectivity index (χ4n) is 3.32. The number of carbonyl (C=O) groups excluding carboxylic acids is 1. The van der Waals surface area contributed by atoms with Crippen LogP contribution in [0.15, 0.2) is 12.1 Å². The van der Waals surface area contributed by atoms with E-state index in [4.69, 9.17) is 0 Å². The summed E-state index contributed by atoms with van der Waals surface area (Å²) in [5.74, 6) is -2.29. The first kappa shape index (κ1) is 26.7. The van der Waals surface area contributed by atoms with Gasteiger partial charge in [-0.15, -0.1) is 0 Å². The van der Waals surface area contributed by atoms with E-state index in [9.17, 15) is 31.1 Å². The van der Waals surface area contributed by atoms with E-state index in [2.05, 4.69) is 16.0 Å². The second-order valence-corrected chi connectivity index (χ2v) is 6.86. The molecule has 0 aliphatic carbocycles. The maximum absolute atomic E-state index is 13.2. The minimum Gasteiger partial charge on any atom is -0.386 e. The number of piperidine rings is 1. The molecule has 1 atom stereocenters. The number of nitrogens with zero attached hydrogens (tertiary/aromatic N) is 1. The first-order valence-electron chi connectivity index (χ1n) is 10.2. The first-order valence-corrected chi connectivity index (χ1v) is 10.2. The number of anilines is 3. The lowest BCUT2D eigenvalue weighted by Crippen LogP contribution is -2.42. The number of hydrogen-bond donors (Lipinski definition) is 3. The predicted octanol–water partition coefficient (Wildman–Crippen LogP) is 5.26. The Morgan fingerprint density at radius 2 is 1.65 bits per heavy atom. The summed E-state index contributed by atoms with van der Waals surface area (Å²) >= 11 is 0. The molecule has 1 fully saturated rings. The summed E-state index contributed by atoms with van der Waals surface area (Å²) in [5, 5.41) is 7.98. The summed E-state index contributed by atoms with van der Waals surface area (Å²) in [6.07, 6.45) is -9.68. The number of halogens is 6. The van der Waals surface area contributed by atoms with E-state index < -0.39 is 37.1 Å². The molecule has 2 rings (SSSR count). The molecule has 0 bridgehead atoms. The van der Waals surface area contributed by atoms with Crippen molar-refractivity contribution in [2.24, 2.45) is 5.92 Å². The molecule has 1 amide bonds. The predicted molar refractivity (Wildman–Crippen MR) is 111 cm³/mol. The first-order chi connectivity index (χ1) is 14.5. The van der Waals surface area contributed by atoms with Crippen molar-refractivity contribution >= 4 is 23.0 Å². The van der Waals surface area contributed by atoms with Crippen LogP contribution in [-0.2, 0) is 0 Å². The molecule has 1 heterocycles. The number of rotatable bonds is 6. The van der Waals surface area contributed by atoms with Crippen molar-refractivity contribution in [1.29, 1.82) is 0 Å². The Morgan fingerprint density at radius 1 is 1.06 bits per heavy atom. The van der Waals surface area contributed by atoms with Gasteiger partial charge in [-0.2, -0.15) is 26.3 Å².